The molecule has 4 heteroatoms. The highest BCUT2D eigenvalue weighted by Crippen LogP contribution is 2.29. The molecule has 0 aromatic carbocycles. The van der Waals surface area contributed by atoms with Gasteiger partial charge in [-0.15, -0.1) is 0 Å². The number of likely N-dealkylation sites (N-methyl/N-ethyl adjacent to an activating group) is 1. The van der Waals surface area contributed by atoms with Gasteiger partial charge >= 0.3 is 0 Å². The van der Waals surface area contributed by atoms with Gasteiger partial charge in [0.25, 0.3) is 0 Å². The van der Waals surface area contributed by atoms with Crippen molar-refractivity contribution in [1.29, 1.82) is 0 Å². The Morgan fingerprint density at radius 1 is 0.783 bits per heavy atom. The Morgan fingerprint density at radius 2 is 1.30 bits per heavy atom. The van der Waals surface area contributed by atoms with Crippen molar-refractivity contribution in [2.24, 2.45) is 16.9 Å². The molecule has 0 aliphatic rings. The smallest absolute Gasteiger partial charge is 0.0753 e. The number of nitrogens with two attached hydrogens (primary N) is 2. The SMILES string of the molecule is CN(CCC(C)(C)CCC(C)(C)N)CC(C)(C)OCC(C)(C)N. The molecule has 140 valence electrons. The minimum Gasteiger partial charge on any atom is -0.372 e. The first-order valence-corrected chi connectivity index (χ1v) is 8.92. The number of nitrogens with zero attached hydrogens (tertiary/aromatic N) is 1. The first kappa shape index (κ1) is 22.8. The molecule has 0 saturated heterocycles. The van der Waals surface area contributed by atoms with Gasteiger partial charge in [0.1, 0.15) is 0 Å². The van der Waals surface area contributed by atoms with Crippen molar-refractivity contribution in [2.75, 3.05) is 26.7 Å². The first-order valence-electron chi connectivity index (χ1n) is 8.92. The van der Waals surface area contributed by atoms with Gasteiger partial charge < -0.3 is 21.1 Å². The maximum atomic E-state index is 6.11. The summed E-state index contributed by atoms with van der Waals surface area (Å²) in [6.45, 7) is 19.7. The lowest BCUT2D eigenvalue weighted by molar-refractivity contribution is -0.0531. The van der Waals surface area contributed by atoms with Crippen LogP contribution in [0.1, 0.15) is 74.7 Å². The van der Waals surface area contributed by atoms with Crippen LogP contribution < -0.4 is 11.5 Å². The molecule has 0 aliphatic heterocycles. The van der Waals surface area contributed by atoms with E-state index in [-0.39, 0.29) is 16.7 Å². The number of rotatable bonds is 11. The summed E-state index contributed by atoms with van der Waals surface area (Å²) in [7, 11) is 2.17. The second-order valence-corrected chi connectivity index (χ2v) is 10.2. The second kappa shape index (κ2) is 8.28. The lowest BCUT2D eigenvalue weighted by Gasteiger charge is -2.35. The largest absolute Gasteiger partial charge is 0.372 e. The Labute approximate surface area is 145 Å². The van der Waals surface area contributed by atoms with Gasteiger partial charge in [0.2, 0.25) is 0 Å². The Bertz CT molecular complexity index is 338. The second-order valence-electron chi connectivity index (χ2n) is 10.2. The van der Waals surface area contributed by atoms with Crippen molar-refractivity contribution in [3.05, 3.63) is 0 Å². The zero-order valence-electron chi connectivity index (χ0n) is 17.3. The van der Waals surface area contributed by atoms with Crippen molar-refractivity contribution in [3.63, 3.8) is 0 Å². The summed E-state index contributed by atoms with van der Waals surface area (Å²) in [6, 6.07) is 0. The fourth-order valence-corrected chi connectivity index (χ4v) is 2.44. The standard InChI is InChI=1S/C19H43N3O/c1-16(2,10-11-17(3,4)20)12-13-22(9)14-19(7,8)23-15-18(5,6)21/h10-15,20-21H2,1-9H3. The minimum absolute atomic E-state index is 0.0754. The molecular weight excluding hydrogens is 286 g/mol. The summed E-state index contributed by atoms with van der Waals surface area (Å²) in [6.07, 6.45) is 3.38. The summed E-state index contributed by atoms with van der Waals surface area (Å²) < 4.78 is 6.01. The van der Waals surface area contributed by atoms with Crippen molar-refractivity contribution in [3.8, 4) is 0 Å². The van der Waals surface area contributed by atoms with Crippen molar-refractivity contribution in [1.82, 2.24) is 4.90 Å². The summed E-state index contributed by atoms with van der Waals surface area (Å²) in [5.41, 5.74) is 11.9. The molecule has 0 amide bonds. The van der Waals surface area contributed by atoms with Gasteiger partial charge in [-0.3, -0.25) is 0 Å². The van der Waals surface area contributed by atoms with Gasteiger partial charge in [0, 0.05) is 17.6 Å². The minimum atomic E-state index is -0.285. The number of ether oxygens (including phenoxy) is 1. The fraction of sp³-hybridized carbons (Fsp3) is 1.00. The van der Waals surface area contributed by atoms with Crippen molar-refractivity contribution >= 4 is 0 Å². The average Bonchev–Trinajstić information content (AvgIpc) is 2.30. The lowest BCUT2D eigenvalue weighted by atomic mass is 9.80. The molecule has 4 nitrogen and oxygen atoms in total. The molecule has 0 aliphatic carbocycles. The fourth-order valence-electron chi connectivity index (χ4n) is 2.44. The third kappa shape index (κ3) is 13.9. The zero-order chi connectivity index (χ0) is 18.5. The quantitative estimate of drug-likeness (QED) is 0.610. The Balaban J connectivity index is 4.25. The van der Waals surface area contributed by atoms with E-state index in [1.165, 1.54) is 0 Å². The van der Waals surface area contributed by atoms with Crippen molar-refractivity contribution in [2.45, 2.75) is 91.3 Å². The van der Waals surface area contributed by atoms with Crippen LogP contribution >= 0.6 is 0 Å². The van der Waals surface area contributed by atoms with Crippen LogP contribution in [0.25, 0.3) is 0 Å². The van der Waals surface area contributed by atoms with Gasteiger partial charge in [-0.25, -0.2) is 0 Å². The molecule has 23 heavy (non-hydrogen) atoms. The average molecular weight is 330 g/mol. The highest BCUT2D eigenvalue weighted by Gasteiger charge is 2.26. The molecule has 0 spiro atoms. The van der Waals surface area contributed by atoms with E-state index in [0.29, 0.717) is 12.0 Å². The maximum absolute atomic E-state index is 6.11. The van der Waals surface area contributed by atoms with Crippen LogP contribution in [0.5, 0.6) is 0 Å². The molecule has 4 N–H and O–H groups in total. The predicted octanol–water partition coefficient (Wildman–Crippen LogP) is 3.38. The molecule has 0 rings (SSSR count). The van der Waals surface area contributed by atoms with Gasteiger partial charge in [0.05, 0.1) is 12.2 Å². The first-order chi connectivity index (χ1) is 10.0. The monoisotopic (exact) mass is 329 g/mol. The van der Waals surface area contributed by atoms with Crippen LogP contribution in [0.15, 0.2) is 0 Å². The third-order valence-electron chi connectivity index (χ3n) is 4.10. The Hall–Kier alpha value is -0.160. The van der Waals surface area contributed by atoms with Crippen LogP contribution in [-0.2, 0) is 4.74 Å². The van der Waals surface area contributed by atoms with E-state index in [4.69, 9.17) is 16.2 Å². The van der Waals surface area contributed by atoms with E-state index >= 15 is 0 Å². The van der Waals surface area contributed by atoms with Gasteiger partial charge in [-0.1, -0.05) is 13.8 Å². The molecule has 0 saturated carbocycles. The molecule has 0 unspecified atom stereocenters. The van der Waals surface area contributed by atoms with Crippen LogP contribution in [0.2, 0.25) is 0 Å². The van der Waals surface area contributed by atoms with E-state index < -0.39 is 0 Å². The van der Waals surface area contributed by atoms with Crippen molar-refractivity contribution < 1.29 is 4.74 Å². The van der Waals surface area contributed by atoms with E-state index in [1.54, 1.807) is 0 Å². The highest BCUT2D eigenvalue weighted by molar-refractivity contribution is 4.81. The van der Waals surface area contributed by atoms with Gasteiger partial charge in [-0.2, -0.15) is 0 Å². The Kier molecular flexibility index (Phi) is 8.23. The predicted molar refractivity (Wildman–Crippen MR) is 102 cm³/mol. The molecule has 0 aromatic heterocycles. The molecule has 0 heterocycles. The Morgan fingerprint density at radius 3 is 1.74 bits per heavy atom. The molecule has 0 fully saturated rings. The van der Waals surface area contributed by atoms with E-state index in [1.807, 2.05) is 13.8 Å². The summed E-state index contributed by atoms with van der Waals surface area (Å²) in [5.74, 6) is 0. The molecular formula is C19H43N3O. The number of hydrogen-bond donors (Lipinski definition) is 2. The topological polar surface area (TPSA) is 64.5 Å². The van der Waals surface area contributed by atoms with Crippen LogP contribution in [0, 0.1) is 5.41 Å². The highest BCUT2D eigenvalue weighted by atomic mass is 16.5. The normalized spacial score (nSPS) is 14.6. The van der Waals surface area contributed by atoms with Crippen LogP contribution in [0.3, 0.4) is 0 Å². The molecule has 0 aromatic rings. The number of hydrogen-bond acceptors (Lipinski definition) is 4. The van der Waals surface area contributed by atoms with Crippen LogP contribution in [0.4, 0.5) is 0 Å². The van der Waals surface area contributed by atoms with E-state index in [0.717, 1.165) is 32.4 Å². The van der Waals surface area contributed by atoms with Gasteiger partial charge in [-0.05, 0) is 79.8 Å². The zero-order valence-corrected chi connectivity index (χ0v) is 17.3. The summed E-state index contributed by atoms with van der Waals surface area (Å²) in [4.78, 5) is 2.36. The summed E-state index contributed by atoms with van der Waals surface area (Å²) >= 11 is 0. The molecule has 0 bridgehead atoms. The summed E-state index contributed by atoms with van der Waals surface area (Å²) in [5, 5.41) is 0. The van der Waals surface area contributed by atoms with Crippen LogP contribution in [-0.4, -0.2) is 48.3 Å². The van der Waals surface area contributed by atoms with E-state index in [2.05, 4.69) is 53.5 Å². The third-order valence-corrected chi connectivity index (χ3v) is 4.10. The molecule has 0 radical (unpaired) electrons. The lowest BCUT2D eigenvalue weighted by Crippen LogP contribution is -2.45. The van der Waals surface area contributed by atoms with Gasteiger partial charge in [0.15, 0.2) is 0 Å². The maximum Gasteiger partial charge on any atom is 0.0753 e. The molecule has 0 atom stereocenters. The van der Waals surface area contributed by atoms with E-state index in [9.17, 15) is 0 Å².